The highest BCUT2D eigenvalue weighted by atomic mass is 16.5. The van der Waals surface area contributed by atoms with Gasteiger partial charge < -0.3 is 4.74 Å². The van der Waals surface area contributed by atoms with E-state index in [0.717, 1.165) is 31.1 Å². The van der Waals surface area contributed by atoms with E-state index >= 15 is 0 Å². The van der Waals surface area contributed by atoms with Crippen LogP contribution in [0.15, 0.2) is 36.0 Å². The zero-order valence-corrected chi connectivity index (χ0v) is 8.28. The molecule has 0 aromatic heterocycles. The summed E-state index contributed by atoms with van der Waals surface area (Å²) >= 11 is 0. The van der Waals surface area contributed by atoms with Crippen molar-refractivity contribution in [3.63, 3.8) is 0 Å². The molecule has 1 fully saturated rings. The van der Waals surface area contributed by atoms with Gasteiger partial charge >= 0.3 is 0 Å². The number of rotatable bonds is 1. The van der Waals surface area contributed by atoms with Crippen molar-refractivity contribution >= 4 is 0 Å². The third-order valence-corrected chi connectivity index (χ3v) is 2.63. The van der Waals surface area contributed by atoms with Crippen LogP contribution >= 0.6 is 0 Å². The quantitative estimate of drug-likeness (QED) is 0.556. The molecular formula is C11H17N2O+. The first kappa shape index (κ1) is 9.65. The van der Waals surface area contributed by atoms with Gasteiger partial charge in [-0.15, -0.1) is 0 Å². The monoisotopic (exact) mass is 193 g/mol. The third kappa shape index (κ3) is 2.32. The summed E-state index contributed by atoms with van der Waals surface area (Å²) in [6, 6.07) is 0. The lowest BCUT2D eigenvalue weighted by Crippen LogP contribution is -3.20. The van der Waals surface area contributed by atoms with Crippen LogP contribution in [0.2, 0.25) is 0 Å². The largest absolute Gasteiger partial charge is 0.362 e. The predicted octanol–water partition coefficient (Wildman–Crippen LogP) is -0.414. The molecule has 2 aliphatic rings. The molecule has 0 aromatic carbocycles. The predicted molar refractivity (Wildman–Crippen MR) is 55.6 cm³/mol. The maximum Gasteiger partial charge on any atom is 0.130 e. The van der Waals surface area contributed by atoms with Crippen molar-refractivity contribution in [1.82, 2.24) is 0 Å². The van der Waals surface area contributed by atoms with Gasteiger partial charge in [-0.2, -0.15) is 5.84 Å². The van der Waals surface area contributed by atoms with Crippen LogP contribution in [0.3, 0.4) is 0 Å². The second kappa shape index (κ2) is 4.55. The molecule has 14 heavy (non-hydrogen) atoms. The normalized spacial score (nSPS) is 32.5. The molecule has 0 spiro atoms. The fourth-order valence-electron chi connectivity index (χ4n) is 1.80. The minimum atomic E-state index is 0.205. The summed E-state index contributed by atoms with van der Waals surface area (Å²) in [5.74, 6) is 5.84. The molecule has 1 aliphatic heterocycles. The molecule has 3 N–H and O–H groups in total. The topological polar surface area (TPSA) is 39.7 Å². The Labute approximate surface area is 84.5 Å². The minimum Gasteiger partial charge on any atom is -0.362 e. The van der Waals surface area contributed by atoms with Crippen LogP contribution in [0.1, 0.15) is 6.42 Å². The Kier molecular flexibility index (Phi) is 3.14. The lowest BCUT2D eigenvalue weighted by atomic mass is 10.1. The molecule has 3 heteroatoms. The lowest BCUT2D eigenvalue weighted by Gasteiger charge is -2.27. The Hall–Kier alpha value is -0.900. The Bertz CT molecular complexity index is 281. The molecule has 76 valence electrons. The summed E-state index contributed by atoms with van der Waals surface area (Å²) in [6.07, 6.45) is 11.7. The first-order valence-corrected chi connectivity index (χ1v) is 5.10. The number of quaternary nitrogens is 1. The van der Waals surface area contributed by atoms with Crippen molar-refractivity contribution in [1.29, 1.82) is 0 Å². The van der Waals surface area contributed by atoms with E-state index in [9.17, 15) is 0 Å². The van der Waals surface area contributed by atoms with Gasteiger partial charge in [-0.25, -0.2) is 0 Å². The van der Waals surface area contributed by atoms with Gasteiger partial charge in [0, 0.05) is 0 Å². The van der Waals surface area contributed by atoms with Crippen LogP contribution in [-0.2, 0) is 4.74 Å². The zero-order chi connectivity index (χ0) is 9.80. The molecule has 0 radical (unpaired) electrons. The van der Waals surface area contributed by atoms with Gasteiger partial charge in [0.25, 0.3) is 0 Å². The summed E-state index contributed by atoms with van der Waals surface area (Å²) in [4.78, 5) is 0. The van der Waals surface area contributed by atoms with Crippen molar-refractivity contribution in [3.05, 3.63) is 36.0 Å². The Balaban J connectivity index is 2.03. The standard InChI is InChI=1S/C11H16N2O/c12-13-7-8-14-11(9-13)10-5-3-1-2-4-6-10/h1-5,11H,6-9,12H2/p+1. The molecule has 0 bridgehead atoms. The Morgan fingerprint density at radius 3 is 3.14 bits per heavy atom. The van der Waals surface area contributed by atoms with Gasteiger partial charge in [-0.3, -0.25) is 5.01 Å². The average molecular weight is 193 g/mol. The highest BCUT2D eigenvalue weighted by molar-refractivity contribution is 5.25. The van der Waals surface area contributed by atoms with Crippen molar-refractivity contribution in [2.24, 2.45) is 5.84 Å². The Morgan fingerprint density at radius 2 is 2.29 bits per heavy atom. The molecule has 0 saturated carbocycles. The first-order chi connectivity index (χ1) is 6.86. The molecule has 1 heterocycles. The van der Waals surface area contributed by atoms with E-state index in [1.807, 2.05) is 6.08 Å². The molecule has 2 rings (SSSR count). The van der Waals surface area contributed by atoms with Gasteiger partial charge in [-0.1, -0.05) is 30.4 Å². The molecule has 3 nitrogen and oxygen atoms in total. The van der Waals surface area contributed by atoms with Gasteiger partial charge in [0.05, 0.1) is 6.61 Å². The summed E-state index contributed by atoms with van der Waals surface area (Å²) in [5.41, 5.74) is 1.33. The van der Waals surface area contributed by atoms with Crippen LogP contribution in [-0.4, -0.2) is 25.8 Å². The van der Waals surface area contributed by atoms with E-state index in [0.29, 0.717) is 0 Å². The molecular weight excluding hydrogens is 176 g/mol. The van der Waals surface area contributed by atoms with Gasteiger partial charge in [0.1, 0.15) is 19.2 Å². The maximum absolute atomic E-state index is 5.84. The molecule has 1 saturated heterocycles. The summed E-state index contributed by atoms with van der Waals surface area (Å²) < 4.78 is 5.71. The SMILES string of the molecule is N[NH+]1CCOC(C2=CC=CC=CC2)C1. The molecule has 1 aliphatic carbocycles. The second-order valence-corrected chi connectivity index (χ2v) is 3.73. The highest BCUT2D eigenvalue weighted by Gasteiger charge is 2.24. The van der Waals surface area contributed by atoms with Gasteiger partial charge in [0.15, 0.2) is 0 Å². The van der Waals surface area contributed by atoms with Crippen LogP contribution in [0.25, 0.3) is 0 Å². The van der Waals surface area contributed by atoms with E-state index < -0.39 is 0 Å². The first-order valence-electron chi connectivity index (χ1n) is 5.10. The number of allylic oxidation sites excluding steroid dienone is 5. The molecule has 0 aromatic rings. The van der Waals surface area contributed by atoms with E-state index in [2.05, 4.69) is 24.3 Å². The number of nitrogens with two attached hydrogens (primary N) is 1. The smallest absolute Gasteiger partial charge is 0.130 e. The summed E-state index contributed by atoms with van der Waals surface area (Å²) in [6.45, 7) is 2.56. The summed E-state index contributed by atoms with van der Waals surface area (Å²) in [5, 5.41) is 1.07. The van der Waals surface area contributed by atoms with Crippen LogP contribution in [0.4, 0.5) is 0 Å². The van der Waals surface area contributed by atoms with E-state index in [1.54, 1.807) is 0 Å². The highest BCUT2D eigenvalue weighted by Crippen LogP contribution is 2.14. The number of morpholine rings is 1. The van der Waals surface area contributed by atoms with Crippen molar-refractivity contribution in [3.8, 4) is 0 Å². The van der Waals surface area contributed by atoms with Gasteiger partial charge in [-0.05, 0) is 12.0 Å². The van der Waals surface area contributed by atoms with Crippen molar-refractivity contribution < 1.29 is 9.75 Å². The number of hydrogen-bond acceptors (Lipinski definition) is 2. The number of hydrogen-bond donors (Lipinski definition) is 2. The lowest BCUT2D eigenvalue weighted by molar-refractivity contribution is -0.923. The van der Waals surface area contributed by atoms with E-state index in [-0.39, 0.29) is 6.10 Å². The van der Waals surface area contributed by atoms with Crippen molar-refractivity contribution in [2.75, 3.05) is 19.7 Å². The second-order valence-electron chi connectivity index (χ2n) is 3.73. The zero-order valence-electron chi connectivity index (χ0n) is 8.28. The fraction of sp³-hybridized carbons (Fsp3) is 0.455. The van der Waals surface area contributed by atoms with Crippen LogP contribution in [0, 0.1) is 0 Å². The summed E-state index contributed by atoms with van der Waals surface area (Å²) in [7, 11) is 0. The fourth-order valence-corrected chi connectivity index (χ4v) is 1.80. The van der Waals surface area contributed by atoms with E-state index in [1.165, 1.54) is 5.57 Å². The molecule has 2 unspecified atom stereocenters. The van der Waals surface area contributed by atoms with Crippen LogP contribution < -0.4 is 10.9 Å². The average Bonchev–Trinajstić information content (AvgIpc) is 2.45. The van der Waals surface area contributed by atoms with Gasteiger partial charge in [0.2, 0.25) is 0 Å². The third-order valence-electron chi connectivity index (χ3n) is 2.63. The van der Waals surface area contributed by atoms with Crippen molar-refractivity contribution in [2.45, 2.75) is 12.5 Å². The maximum atomic E-state index is 5.84. The molecule has 0 amide bonds. The number of nitrogens with one attached hydrogen (secondary N) is 1. The minimum absolute atomic E-state index is 0.205. The van der Waals surface area contributed by atoms with E-state index in [4.69, 9.17) is 10.6 Å². The number of ether oxygens (including phenoxy) is 1. The van der Waals surface area contributed by atoms with Crippen LogP contribution in [0.5, 0.6) is 0 Å². The Morgan fingerprint density at radius 1 is 1.36 bits per heavy atom. The molecule has 2 atom stereocenters.